The Labute approximate surface area is 102 Å². The van der Waals surface area contributed by atoms with Gasteiger partial charge in [-0.3, -0.25) is 9.69 Å². The van der Waals surface area contributed by atoms with Crippen molar-refractivity contribution in [2.75, 3.05) is 27.3 Å². The molecule has 4 nitrogen and oxygen atoms in total. The first-order valence-corrected chi connectivity index (χ1v) is 5.61. The highest BCUT2D eigenvalue weighted by Gasteiger charge is 2.09. The fraction of sp³-hybridized carbons (Fsp3) is 0.462. The van der Waals surface area contributed by atoms with Crippen LogP contribution in [-0.4, -0.2) is 38.2 Å². The molecule has 0 amide bonds. The summed E-state index contributed by atoms with van der Waals surface area (Å²) in [5, 5.41) is 0. The highest BCUT2D eigenvalue weighted by Crippen LogP contribution is 2.12. The van der Waals surface area contributed by atoms with Crippen molar-refractivity contribution in [2.45, 2.75) is 13.5 Å². The predicted molar refractivity (Wildman–Crippen MR) is 66.0 cm³/mol. The van der Waals surface area contributed by atoms with Crippen LogP contribution >= 0.6 is 0 Å². The molecule has 0 aliphatic carbocycles. The van der Waals surface area contributed by atoms with Gasteiger partial charge in [-0.1, -0.05) is 19.1 Å². The van der Waals surface area contributed by atoms with Gasteiger partial charge in [-0.05, 0) is 24.2 Å². The Kier molecular flexibility index (Phi) is 5.49. The fourth-order valence-corrected chi connectivity index (χ4v) is 1.52. The van der Waals surface area contributed by atoms with Crippen molar-refractivity contribution >= 4 is 5.97 Å². The Morgan fingerprint density at radius 1 is 1.24 bits per heavy atom. The van der Waals surface area contributed by atoms with Crippen LogP contribution in [0.3, 0.4) is 0 Å². The van der Waals surface area contributed by atoms with Crippen molar-refractivity contribution in [2.24, 2.45) is 0 Å². The van der Waals surface area contributed by atoms with Gasteiger partial charge in [0.05, 0.1) is 20.8 Å². The number of benzene rings is 1. The van der Waals surface area contributed by atoms with Crippen molar-refractivity contribution in [3.8, 4) is 5.75 Å². The van der Waals surface area contributed by atoms with Gasteiger partial charge in [0.15, 0.2) is 0 Å². The Hall–Kier alpha value is -1.55. The molecule has 0 aromatic heterocycles. The molecule has 0 bridgehead atoms. The van der Waals surface area contributed by atoms with E-state index in [4.69, 9.17) is 4.74 Å². The molecule has 0 spiro atoms. The lowest BCUT2D eigenvalue weighted by Crippen LogP contribution is -2.29. The Bertz CT molecular complexity index is 348. The molecular formula is C13H19NO3. The molecule has 0 aliphatic rings. The van der Waals surface area contributed by atoms with E-state index >= 15 is 0 Å². The van der Waals surface area contributed by atoms with Crippen LogP contribution in [0.5, 0.6) is 5.75 Å². The molecule has 0 aliphatic heterocycles. The Morgan fingerprint density at radius 3 is 2.35 bits per heavy atom. The largest absolute Gasteiger partial charge is 0.497 e. The molecule has 0 radical (unpaired) electrons. The van der Waals surface area contributed by atoms with E-state index in [0.29, 0.717) is 6.54 Å². The van der Waals surface area contributed by atoms with E-state index in [2.05, 4.69) is 4.74 Å². The maximum atomic E-state index is 11.2. The van der Waals surface area contributed by atoms with Crippen molar-refractivity contribution in [1.82, 2.24) is 4.90 Å². The van der Waals surface area contributed by atoms with Gasteiger partial charge in [-0.25, -0.2) is 0 Å². The summed E-state index contributed by atoms with van der Waals surface area (Å²) in [4.78, 5) is 13.2. The molecule has 1 rings (SSSR count). The third kappa shape index (κ3) is 4.44. The number of nitrogens with zero attached hydrogens (tertiary/aromatic N) is 1. The molecule has 0 fully saturated rings. The second-order valence-corrected chi connectivity index (χ2v) is 3.73. The Morgan fingerprint density at radius 2 is 1.88 bits per heavy atom. The van der Waals surface area contributed by atoms with Gasteiger partial charge in [0.1, 0.15) is 5.75 Å². The monoisotopic (exact) mass is 237 g/mol. The zero-order valence-corrected chi connectivity index (χ0v) is 10.6. The fourth-order valence-electron chi connectivity index (χ4n) is 1.52. The van der Waals surface area contributed by atoms with E-state index < -0.39 is 0 Å². The number of likely N-dealkylation sites (N-methyl/N-ethyl adjacent to an activating group) is 1. The second-order valence-electron chi connectivity index (χ2n) is 3.73. The molecule has 17 heavy (non-hydrogen) atoms. The topological polar surface area (TPSA) is 38.8 Å². The van der Waals surface area contributed by atoms with E-state index in [9.17, 15) is 4.79 Å². The maximum absolute atomic E-state index is 11.2. The summed E-state index contributed by atoms with van der Waals surface area (Å²) in [6.07, 6.45) is 0. The van der Waals surface area contributed by atoms with E-state index in [1.807, 2.05) is 36.1 Å². The molecule has 4 heteroatoms. The van der Waals surface area contributed by atoms with Crippen LogP contribution in [0.4, 0.5) is 0 Å². The minimum absolute atomic E-state index is 0.208. The summed E-state index contributed by atoms with van der Waals surface area (Å²) in [5.41, 5.74) is 1.15. The van der Waals surface area contributed by atoms with Crippen LogP contribution < -0.4 is 4.74 Å². The van der Waals surface area contributed by atoms with Crippen LogP contribution in [0, 0.1) is 0 Å². The molecule has 1 aromatic rings. The average molecular weight is 237 g/mol. The SMILES string of the molecule is CCN(CC(=O)OC)Cc1ccc(OC)cc1. The summed E-state index contributed by atoms with van der Waals surface area (Å²) in [7, 11) is 3.05. The summed E-state index contributed by atoms with van der Waals surface area (Å²) < 4.78 is 9.75. The normalized spacial score (nSPS) is 10.4. The first-order valence-electron chi connectivity index (χ1n) is 5.61. The first kappa shape index (κ1) is 13.5. The number of hydrogen-bond acceptors (Lipinski definition) is 4. The zero-order chi connectivity index (χ0) is 12.7. The quantitative estimate of drug-likeness (QED) is 0.706. The van der Waals surface area contributed by atoms with Gasteiger partial charge in [-0.2, -0.15) is 0 Å². The zero-order valence-electron chi connectivity index (χ0n) is 10.6. The van der Waals surface area contributed by atoms with Gasteiger partial charge in [0, 0.05) is 6.54 Å². The molecule has 0 saturated heterocycles. The summed E-state index contributed by atoms with van der Waals surface area (Å²) in [6, 6.07) is 7.83. The van der Waals surface area contributed by atoms with Crippen LogP contribution in [0.2, 0.25) is 0 Å². The van der Waals surface area contributed by atoms with E-state index in [-0.39, 0.29) is 5.97 Å². The van der Waals surface area contributed by atoms with Gasteiger partial charge < -0.3 is 9.47 Å². The van der Waals surface area contributed by atoms with Gasteiger partial charge in [-0.15, -0.1) is 0 Å². The second kappa shape index (κ2) is 6.91. The van der Waals surface area contributed by atoms with Gasteiger partial charge in [0.2, 0.25) is 0 Å². The highest BCUT2D eigenvalue weighted by molar-refractivity contribution is 5.71. The minimum atomic E-state index is -0.208. The molecule has 0 atom stereocenters. The van der Waals surface area contributed by atoms with Gasteiger partial charge in [0.25, 0.3) is 0 Å². The van der Waals surface area contributed by atoms with Crippen molar-refractivity contribution in [1.29, 1.82) is 0 Å². The summed E-state index contributed by atoms with van der Waals surface area (Å²) in [6.45, 7) is 3.88. The number of ether oxygens (including phenoxy) is 2. The molecule has 94 valence electrons. The van der Waals surface area contributed by atoms with Crippen LogP contribution in [-0.2, 0) is 16.1 Å². The number of carbonyl (C=O) groups excluding carboxylic acids is 1. The number of rotatable bonds is 6. The molecule has 0 heterocycles. The van der Waals surface area contributed by atoms with Crippen LogP contribution in [0.15, 0.2) is 24.3 Å². The number of carbonyl (C=O) groups is 1. The maximum Gasteiger partial charge on any atom is 0.319 e. The van der Waals surface area contributed by atoms with Crippen molar-refractivity contribution in [3.63, 3.8) is 0 Å². The lowest BCUT2D eigenvalue weighted by molar-refractivity contribution is -0.142. The van der Waals surface area contributed by atoms with Crippen molar-refractivity contribution < 1.29 is 14.3 Å². The third-order valence-corrected chi connectivity index (χ3v) is 2.59. The van der Waals surface area contributed by atoms with E-state index in [0.717, 1.165) is 24.4 Å². The third-order valence-electron chi connectivity index (χ3n) is 2.59. The molecular weight excluding hydrogens is 218 g/mol. The van der Waals surface area contributed by atoms with Crippen LogP contribution in [0.25, 0.3) is 0 Å². The molecule has 0 N–H and O–H groups in total. The molecule has 0 unspecified atom stereocenters. The number of esters is 1. The summed E-state index contributed by atoms with van der Waals surface area (Å²) >= 11 is 0. The predicted octanol–water partition coefficient (Wildman–Crippen LogP) is 1.69. The highest BCUT2D eigenvalue weighted by atomic mass is 16.5. The van der Waals surface area contributed by atoms with Crippen LogP contribution in [0.1, 0.15) is 12.5 Å². The standard InChI is InChI=1S/C13H19NO3/c1-4-14(10-13(15)17-3)9-11-5-7-12(16-2)8-6-11/h5-8H,4,9-10H2,1-3H3. The molecule has 0 saturated carbocycles. The minimum Gasteiger partial charge on any atom is -0.497 e. The van der Waals surface area contributed by atoms with E-state index in [1.54, 1.807) is 7.11 Å². The average Bonchev–Trinajstić information content (AvgIpc) is 2.38. The van der Waals surface area contributed by atoms with E-state index in [1.165, 1.54) is 7.11 Å². The number of hydrogen-bond donors (Lipinski definition) is 0. The lowest BCUT2D eigenvalue weighted by atomic mass is 10.2. The van der Waals surface area contributed by atoms with Gasteiger partial charge >= 0.3 is 5.97 Å². The number of methoxy groups -OCH3 is 2. The molecule has 1 aromatic carbocycles. The van der Waals surface area contributed by atoms with Crippen molar-refractivity contribution in [3.05, 3.63) is 29.8 Å². The lowest BCUT2D eigenvalue weighted by Gasteiger charge is -2.18. The Balaban J connectivity index is 2.57. The first-order chi connectivity index (χ1) is 8.19. The summed E-state index contributed by atoms with van der Waals surface area (Å²) in [5.74, 6) is 0.630. The smallest absolute Gasteiger partial charge is 0.319 e.